The Labute approximate surface area is 227 Å². The summed E-state index contributed by atoms with van der Waals surface area (Å²) < 4.78 is 20.4. The third kappa shape index (κ3) is 5.22. The van der Waals surface area contributed by atoms with E-state index in [9.17, 15) is 4.79 Å². The molecular weight excluding hydrogens is 552 g/mol. The molecule has 0 bridgehead atoms. The summed E-state index contributed by atoms with van der Waals surface area (Å²) in [7, 11) is 1.59. The highest BCUT2D eigenvalue weighted by atomic mass is 79.9. The van der Waals surface area contributed by atoms with E-state index in [0.29, 0.717) is 34.2 Å². The molecule has 5 rings (SSSR count). The minimum atomic E-state index is -0.0863. The summed E-state index contributed by atoms with van der Waals surface area (Å²) in [6.45, 7) is 7.29. The third-order valence-electron chi connectivity index (χ3n) is 6.01. The molecule has 0 spiro atoms. The molecule has 0 aliphatic heterocycles. The van der Waals surface area contributed by atoms with Crippen LogP contribution in [0.1, 0.15) is 31.9 Å². The van der Waals surface area contributed by atoms with E-state index in [4.69, 9.17) is 14.2 Å². The monoisotopic (exact) mass is 578 g/mol. The molecule has 37 heavy (non-hydrogen) atoms. The molecule has 0 N–H and O–H groups in total. The van der Waals surface area contributed by atoms with Crippen molar-refractivity contribution in [1.29, 1.82) is 0 Å². The van der Waals surface area contributed by atoms with E-state index in [0.717, 1.165) is 26.8 Å². The lowest BCUT2D eigenvalue weighted by Crippen LogP contribution is -2.22. The number of imidazole rings is 1. The number of aromatic nitrogens is 2. The van der Waals surface area contributed by atoms with E-state index in [1.807, 2.05) is 54.6 Å². The Balaban J connectivity index is 1.32. The molecule has 6 nitrogen and oxygen atoms in total. The van der Waals surface area contributed by atoms with Gasteiger partial charge in [-0.2, -0.15) is 0 Å². The van der Waals surface area contributed by atoms with Crippen LogP contribution in [0.3, 0.4) is 0 Å². The standard InChI is InChI=1S/C29H27BrN2O4S/c1-29(2,3)19-9-11-20(12-10-19)35-13-14-36-26-21(30)15-18(16-24(26)34-4)17-25-27(33)32-23-8-6-5-7-22(23)31-28(32)37-25/h5-12,15-17H,13-14H2,1-4H3/b25-17-. The van der Waals surface area contributed by atoms with Crippen molar-refractivity contribution in [1.82, 2.24) is 9.38 Å². The van der Waals surface area contributed by atoms with E-state index in [1.165, 1.54) is 16.9 Å². The van der Waals surface area contributed by atoms with Crippen LogP contribution in [0, 0.1) is 0 Å². The summed E-state index contributed by atoms with van der Waals surface area (Å²) in [5.74, 6) is 1.95. The maximum atomic E-state index is 13.1. The number of halogens is 1. The van der Waals surface area contributed by atoms with Crippen molar-refractivity contribution in [3.8, 4) is 17.2 Å². The minimum Gasteiger partial charge on any atom is -0.493 e. The van der Waals surface area contributed by atoms with Crippen molar-refractivity contribution in [3.63, 3.8) is 0 Å². The van der Waals surface area contributed by atoms with Gasteiger partial charge in [0.1, 0.15) is 19.0 Å². The Hall–Kier alpha value is -3.36. The molecule has 0 atom stereocenters. The number of para-hydroxylation sites is 2. The van der Waals surface area contributed by atoms with E-state index >= 15 is 0 Å². The van der Waals surface area contributed by atoms with Gasteiger partial charge < -0.3 is 14.2 Å². The van der Waals surface area contributed by atoms with Gasteiger partial charge in [0, 0.05) is 0 Å². The smallest absolute Gasteiger partial charge is 0.274 e. The summed E-state index contributed by atoms with van der Waals surface area (Å²) in [5.41, 5.74) is 3.72. The molecule has 0 fully saturated rings. The molecule has 5 aromatic rings. The van der Waals surface area contributed by atoms with Gasteiger partial charge in [-0.25, -0.2) is 9.38 Å². The Bertz CT molecular complexity index is 1680. The van der Waals surface area contributed by atoms with E-state index in [1.54, 1.807) is 11.5 Å². The van der Waals surface area contributed by atoms with Crippen LogP contribution >= 0.6 is 27.3 Å². The predicted octanol–water partition coefficient (Wildman–Crippen LogP) is 5.98. The maximum absolute atomic E-state index is 13.1. The highest BCUT2D eigenvalue weighted by Gasteiger charge is 2.15. The van der Waals surface area contributed by atoms with Crippen molar-refractivity contribution < 1.29 is 14.2 Å². The van der Waals surface area contributed by atoms with E-state index in [2.05, 4.69) is 53.8 Å². The number of hydrogen-bond acceptors (Lipinski definition) is 6. The summed E-state index contributed by atoms with van der Waals surface area (Å²) in [4.78, 5) is 18.3. The van der Waals surface area contributed by atoms with Gasteiger partial charge in [0.2, 0.25) is 0 Å². The van der Waals surface area contributed by atoms with Crippen molar-refractivity contribution in [3.05, 3.63) is 91.1 Å². The predicted molar refractivity (Wildman–Crippen MR) is 152 cm³/mol. The molecule has 0 saturated heterocycles. The zero-order valence-corrected chi connectivity index (χ0v) is 23.5. The number of thiazole rings is 1. The second-order valence-corrected chi connectivity index (χ2v) is 11.5. The largest absolute Gasteiger partial charge is 0.493 e. The van der Waals surface area contributed by atoms with Gasteiger partial charge in [0.25, 0.3) is 5.56 Å². The first-order chi connectivity index (χ1) is 17.7. The average molecular weight is 580 g/mol. The molecule has 190 valence electrons. The molecule has 8 heteroatoms. The van der Waals surface area contributed by atoms with Gasteiger partial charge in [0.05, 0.1) is 27.1 Å². The Kier molecular flexibility index (Phi) is 6.96. The third-order valence-corrected chi connectivity index (χ3v) is 7.57. The Morgan fingerprint density at radius 1 is 1.03 bits per heavy atom. The van der Waals surface area contributed by atoms with Crippen LogP contribution in [0.5, 0.6) is 17.2 Å². The van der Waals surface area contributed by atoms with Gasteiger partial charge in [0.15, 0.2) is 16.5 Å². The minimum absolute atomic E-state index is 0.0863. The van der Waals surface area contributed by atoms with Crippen LogP contribution in [0.15, 0.2) is 69.9 Å². The number of nitrogens with zero attached hydrogens (tertiary/aromatic N) is 2. The van der Waals surface area contributed by atoms with Crippen LogP contribution < -0.4 is 24.3 Å². The zero-order chi connectivity index (χ0) is 26.2. The van der Waals surface area contributed by atoms with Gasteiger partial charge in [-0.3, -0.25) is 4.79 Å². The molecule has 2 heterocycles. The van der Waals surface area contributed by atoms with Crippen molar-refractivity contribution in [2.24, 2.45) is 0 Å². The first-order valence-corrected chi connectivity index (χ1v) is 13.5. The van der Waals surface area contributed by atoms with Crippen LogP contribution in [-0.4, -0.2) is 29.7 Å². The lowest BCUT2D eigenvalue weighted by molar-refractivity contribution is 0.210. The molecule has 0 aliphatic rings. The molecule has 0 radical (unpaired) electrons. The van der Waals surface area contributed by atoms with Crippen molar-refractivity contribution >= 4 is 49.3 Å². The molecular formula is C29H27BrN2O4S. The van der Waals surface area contributed by atoms with Crippen LogP contribution in [0.25, 0.3) is 22.1 Å². The second-order valence-electron chi connectivity index (χ2n) is 9.64. The summed E-state index contributed by atoms with van der Waals surface area (Å²) in [6, 6.07) is 19.5. The van der Waals surface area contributed by atoms with Crippen molar-refractivity contribution in [2.75, 3.05) is 20.3 Å². The molecule has 3 aromatic carbocycles. The van der Waals surface area contributed by atoms with Gasteiger partial charge in [-0.15, -0.1) is 0 Å². The normalized spacial score (nSPS) is 12.4. The number of rotatable bonds is 7. The molecule has 0 saturated carbocycles. The lowest BCUT2D eigenvalue weighted by Gasteiger charge is -2.19. The summed E-state index contributed by atoms with van der Waals surface area (Å²) >= 11 is 4.96. The highest BCUT2D eigenvalue weighted by molar-refractivity contribution is 9.10. The number of methoxy groups -OCH3 is 1. The molecule has 0 aliphatic carbocycles. The maximum Gasteiger partial charge on any atom is 0.274 e. The van der Waals surface area contributed by atoms with Crippen molar-refractivity contribution in [2.45, 2.75) is 26.2 Å². The Morgan fingerprint density at radius 2 is 1.76 bits per heavy atom. The first-order valence-electron chi connectivity index (χ1n) is 11.9. The van der Waals surface area contributed by atoms with Gasteiger partial charge in [-0.05, 0) is 74.9 Å². The molecule has 2 aromatic heterocycles. The highest BCUT2D eigenvalue weighted by Crippen LogP contribution is 2.37. The summed E-state index contributed by atoms with van der Waals surface area (Å²) in [6.07, 6.45) is 1.85. The SMILES string of the molecule is COc1cc(/C=c2\sc3nc4ccccc4n3c2=O)cc(Br)c1OCCOc1ccc(C(C)(C)C)cc1. The van der Waals surface area contributed by atoms with Crippen LogP contribution in [-0.2, 0) is 5.41 Å². The van der Waals surface area contributed by atoms with Gasteiger partial charge in [-0.1, -0.05) is 56.4 Å². The lowest BCUT2D eigenvalue weighted by atomic mass is 9.87. The fourth-order valence-electron chi connectivity index (χ4n) is 4.08. The van der Waals surface area contributed by atoms with E-state index < -0.39 is 0 Å². The van der Waals surface area contributed by atoms with E-state index in [-0.39, 0.29) is 11.0 Å². The van der Waals surface area contributed by atoms with Crippen LogP contribution in [0.4, 0.5) is 0 Å². The zero-order valence-electron chi connectivity index (χ0n) is 21.1. The van der Waals surface area contributed by atoms with Crippen LogP contribution in [0.2, 0.25) is 0 Å². The number of hydrogen-bond donors (Lipinski definition) is 0. The fraction of sp³-hybridized carbons (Fsp3) is 0.241. The number of ether oxygens (including phenoxy) is 3. The summed E-state index contributed by atoms with van der Waals surface area (Å²) in [5, 5.41) is 0. The molecule has 0 amide bonds. The average Bonchev–Trinajstić information content (AvgIpc) is 3.38. The number of fused-ring (bicyclic) bond motifs is 3. The molecule has 0 unspecified atom stereocenters. The quantitative estimate of drug-likeness (QED) is 0.222. The topological polar surface area (TPSA) is 62.1 Å². The second kappa shape index (κ2) is 10.2. The fourth-order valence-corrected chi connectivity index (χ4v) is 5.64. The first kappa shape index (κ1) is 25.3. The number of benzene rings is 3. The van der Waals surface area contributed by atoms with Gasteiger partial charge >= 0.3 is 0 Å². The Morgan fingerprint density at radius 3 is 2.49 bits per heavy atom.